The van der Waals surface area contributed by atoms with Crippen LogP contribution >= 0.6 is 0 Å². The number of nitrogens with one attached hydrogen (secondary N) is 1. The molecule has 0 rings (SSSR count). The Kier molecular flexibility index (Phi) is 4.56. The van der Waals surface area contributed by atoms with E-state index in [1.54, 1.807) is 0 Å². The van der Waals surface area contributed by atoms with Crippen LogP contribution in [0.2, 0.25) is 0 Å². The Hall–Kier alpha value is -1.10. The second-order valence-corrected chi connectivity index (χ2v) is 4.03. The van der Waals surface area contributed by atoms with Crippen molar-refractivity contribution in [3.8, 4) is 0 Å². The van der Waals surface area contributed by atoms with E-state index in [0.29, 0.717) is 6.42 Å². The molecule has 1 unspecified atom stereocenters. The van der Waals surface area contributed by atoms with Gasteiger partial charge >= 0.3 is 0 Å². The van der Waals surface area contributed by atoms with E-state index in [1.807, 2.05) is 20.8 Å². The molecule has 0 aromatic carbocycles. The second kappa shape index (κ2) is 4.95. The monoisotopic (exact) mass is 201 g/mol. The number of amides is 2. The van der Waals surface area contributed by atoms with Gasteiger partial charge in [-0.1, -0.05) is 6.92 Å². The number of carbonyl (C=O) groups excluding carboxylic acids is 2. The van der Waals surface area contributed by atoms with Gasteiger partial charge in [-0.05, 0) is 20.3 Å². The number of nitrogens with two attached hydrogens (primary N) is 2. The molecule has 1 atom stereocenters. The molecule has 0 aromatic heterocycles. The Morgan fingerprint density at radius 2 is 1.86 bits per heavy atom. The summed E-state index contributed by atoms with van der Waals surface area (Å²) in [5.74, 6) is -0.813. The lowest BCUT2D eigenvalue weighted by molar-refractivity contribution is -0.122. The maximum atomic E-state index is 10.9. The molecule has 0 bridgehead atoms. The molecule has 5 nitrogen and oxygen atoms in total. The summed E-state index contributed by atoms with van der Waals surface area (Å²) in [4.78, 5) is 21.7. The molecule has 0 radical (unpaired) electrons. The lowest BCUT2D eigenvalue weighted by atomic mass is 9.98. The van der Waals surface area contributed by atoms with Gasteiger partial charge in [0.15, 0.2) is 0 Å². The molecule has 0 aliphatic carbocycles. The summed E-state index contributed by atoms with van der Waals surface area (Å²) in [7, 11) is 0. The minimum Gasteiger partial charge on any atom is -0.370 e. The Balaban J connectivity index is 4.31. The van der Waals surface area contributed by atoms with Crippen LogP contribution in [0.25, 0.3) is 0 Å². The number of rotatable bonds is 6. The molecule has 0 aliphatic rings. The Labute approximate surface area is 84.2 Å². The van der Waals surface area contributed by atoms with Gasteiger partial charge in [0.25, 0.3) is 0 Å². The van der Waals surface area contributed by atoms with Gasteiger partial charge in [-0.3, -0.25) is 9.59 Å². The van der Waals surface area contributed by atoms with Crippen LogP contribution in [0.1, 0.15) is 33.6 Å². The summed E-state index contributed by atoms with van der Waals surface area (Å²) in [6.07, 6.45) is 0.772. The first-order valence-electron chi connectivity index (χ1n) is 4.64. The Morgan fingerprint density at radius 1 is 1.36 bits per heavy atom. The van der Waals surface area contributed by atoms with Crippen molar-refractivity contribution in [2.45, 2.75) is 45.2 Å². The normalized spacial score (nSPS) is 13.6. The molecule has 82 valence electrons. The number of hydrogen-bond donors (Lipinski definition) is 3. The van der Waals surface area contributed by atoms with Crippen LogP contribution in [0.5, 0.6) is 0 Å². The second-order valence-electron chi connectivity index (χ2n) is 4.03. The minimum atomic E-state index is -0.498. The largest absolute Gasteiger partial charge is 0.370 e. The zero-order valence-corrected chi connectivity index (χ0v) is 8.96. The van der Waals surface area contributed by atoms with Crippen molar-refractivity contribution in [2.75, 3.05) is 0 Å². The van der Waals surface area contributed by atoms with E-state index in [0.717, 1.165) is 0 Å². The molecule has 5 heteroatoms. The summed E-state index contributed by atoms with van der Waals surface area (Å²) >= 11 is 0. The molecule has 5 N–H and O–H groups in total. The zero-order valence-electron chi connectivity index (χ0n) is 8.96. The molecule has 14 heavy (non-hydrogen) atoms. The number of primary amides is 2. The summed E-state index contributed by atoms with van der Waals surface area (Å²) in [6, 6.07) is -0.413. The summed E-state index contributed by atoms with van der Waals surface area (Å²) in [5, 5.41) is 3.00. The van der Waals surface area contributed by atoms with Crippen molar-refractivity contribution < 1.29 is 9.59 Å². The lowest BCUT2D eigenvalue weighted by Crippen LogP contribution is -2.52. The van der Waals surface area contributed by atoms with Crippen molar-refractivity contribution in [3.05, 3.63) is 0 Å². The fourth-order valence-corrected chi connectivity index (χ4v) is 1.33. The van der Waals surface area contributed by atoms with Gasteiger partial charge in [-0.25, -0.2) is 0 Å². The molecule has 0 saturated heterocycles. The summed E-state index contributed by atoms with van der Waals surface area (Å²) in [6.45, 7) is 5.47. The van der Waals surface area contributed by atoms with Crippen LogP contribution in [-0.4, -0.2) is 23.4 Å². The van der Waals surface area contributed by atoms with Gasteiger partial charge < -0.3 is 16.8 Å². The molecule has 0 heterocycles. The zero-order chi connectivity index (χ0) is 11.4. The third kappa shape index (κ3) is 4.81. The van der Waals surface area contributed by atoms with E-state index in [2.05, 4.69) is 5.32 Å². The van der Waals surface area contributed by atoms with Crippen LogP contribution in [0, 0.1) is 0 Å². The SMILES string of the molecule is CCC(NC(C)(C)CC(N)=O)C(N)=O. The van der Waals surface area contributed by atoms with Crippen molar-refractivity contribution >= 4 is 11.8 Å². The molecule has 0 fully saturated rings. The standard InChI is InChI=1S/C9H19N3O2/c1-4-6(8(11)14)12-9(2,3)5-7(10)13/h6,12H,4-5H2,1-3H3,(H2,10,13)(H2,11,14). The average molecular weight is 201 g/mol. The van der Waals surface area contributed by atoms with E-state index in [4.69, 9.17) is 11.5 Å². The number of hydrogen-bond acceptors (Lipinski definition) is 3. The van der Waals surface area contributed by atoms with Gasteiger partial charge in [0.2, 0.25) is 11.8 Å². The fourth-order valence-electron chi connectivity index (χ4n) is 1.33. The highest BCUT2D eigenvalue weighted by molar-refractivity contribution is 5.80. The van der Waals surface area contributed by atoms with Gasteiger partial charge in [-0.2, -0.15) is 0 Å². The molecule has 0 aromatic rings. The lowest BCUT2D eigenvalue weighted by Gasteiger charge is -2.28. The van der Waals surface area contributed by atoms with E-state index < -0.39 is 23.4 Å². The Morgan fingerprint density at radius 3 is 2.14 bits per heavy atom. The fraction of sp³-hybridized carbons (Fsp3) is 0.778. The van der Waals surface area contributed by atoms with E-state index in [1.165, 1.54) is 0 Å². The Bertz CT molecular complexity index is 226. The average Bonchev–Trinajstić information content (AvgIpc) is 1.97. The van der Waals surface area contributed by atoms with Crippen molar-refractivity contribution in [3.63, 3.8) is 0 Å². The first kappa shape index (κ1) is 12.9. The maximum Gasteiger partial charge on any atom is 0.234 e. The predicted octanol–water partition coefficient (Wildman–Crippen LogP) is -0.506. The van der Waals surface area contributed by atoms with Crippen LogP contribution < -0.4 is 16.8 Å². The topological polar surface area (TPSA) is 98.2 Å². The van der Waals surface area contributed by atoms with Gasteiger partial charge in [0.1, 0.15) is 0 Å². The molecular weight excluding hydrogens is 182 g/mol. The minimum absolute atomic E-state index is 0.177. The van der Waals surface area contributed by atoms with Gasteiger partial charge in [-0.15, -0.1) is 0 Å². The number of carbonyl (C=O) groups is 2. The van der Waals surface area contributed by atoms with Crippen LogP contribution in [0.4, 0.5) is 0 Å². The van der Waals surface area contributed by atoms with Crippen molar-refractivity contribution in [1.82, 2.24) is 5.32 Å². The maximum absolute atomic E-state index is 10.9. The van der Waals surface area contributed by atoms with Crippen LogP contribution in [0.3, 0.4) is 0 Å². The van der Waals surface area contributed by atoms with Gasteiger partial charge in [0.05, 0.1) is 6.04 Å². The first-order valence-corrected chi connectivity index (χ1v) is 4.64. The molecule has 0 spiro atoms. The molecule has 0 aliphatic heterocycles. The van der Waals surface area contributed by atoms with Crippen LogP contribution in [0.15, 0.2) is 0 Å². The molecule has 2 amide bonds. The molecular formula is C9H19N3O2. The van der Waals surface area contributed by atoms with Crippen LogP contribution in [-0.2, 0) is 9.59 Å². The first-order chi connectivity index (χ1) is 6.28. The van der Waals surface area contributed by atoms with Crippen molar-refractivity contribution in [1.29, 1.82) is 0 Å². The summed E-state index contributed by atoms with van der Waals surface area (Å²) < 4.78 is 0. The predicted molar refractivity (Wildman–Crippen MR) is 54.3 cm³/mol. The third-order valence-corrected chi connectivity index (χ3v) is 1.93. The highest BCUT2D eigenvalue weighted by atomic mass is 16.1. The quantitative estimate of drug-likeness (QED) is 0.540. The summed E-state index contributed by atoms with van der Waals surface area (Å²) in [5.41, 5.74) is 9.75. The molecule has 0 saturated carbocycles. The van der Waals surface area contributed by atoms with E-state index >= 15 is 0 Å². The highest BCUT2D eigenvalue weighted by Crippen LogP contribution is 2.09. The van der Waals surface area contributed by atoms with E-state index in [-0.39, 0.29) is 6.42 Å². The van der Waals surface area contributed by atoms with Gasteiger partial charge in [0, 0.05) is 12.0 Å². The van der Waals surface area contributed by atoms with Crippen molar-refractivity contribution in [2.24, 2.45) is 11.5 Å². The highest BCUT2D eigenvalue weighted by Gasteiger charge is 2.25. The van der Waals surface area contributed by atoms with E-state index in [9.17, 15) is 9.59 Å². The third-order valence-electron chi connectivity index (χ3n) is 1.93. The smallest absolute Gasteiger partial charge is 0.234 e.